The first-order valence-corrected chi connectivity index (χ1v) is 10.5. The highest BCUT2D eigenvalue weighted by Gasteiger charge is 2.35. The summed E-state index contributed by atoms with van der Waals surface area (Å²) in [5.41, 5.74) is 0.410. The normalized spacial score (nSPS) is 13.3. The van der Waals surface area contributed by atoms with Crippen LogP contribution in [0.1, 0.15) is 46.1 Å². The molecule has 0 aliphatic heterocycles. The molecule has 0 unspecified atom stereocenters. The number of nitrogens with zero attached hydrogens (tertiary/aromatic N) is 1. The molecule has 1 aromatic rings. The van der Waals surface area contributed by atoms with Gasteiger partial charge in [-0.1, -0.05) is 43.7 Å². The highest BCUT2D eigenvalue weighted by molar-refractivity contribution is 7.89. The van der Waals surface area contributed by atoms with Crippen molar-refractivity contribution >= 4 is 16.0 Å². The standard InChI is InChI=1S/C21H31NO4S/c1-8-10-19(17(4)20(23)26-21(5,6)7)22(15-9-2)27(24,25)18-13-11-16(3)12-14-18/h9,11-14,19H,2,4,8,10,15H2,1,3,5-7H3/t19-/m0/s1. The fraction of sp³-hybridized carbons (Fsp3) is 0.476. The number of hydrogen-bond acceptors (Lipinski definition) is 4. The second-order valence-corrected chi connectivity index (χ2v) is 9.40. The number of carbonyl (C=O) groups excluding carboxylic acids is 1. The van der Waals surface area contributed by atoms with Crippen LogP contribution < -0.4 is 0 Å². The van der Waals surface area contributed by atoms with Gasteiger partial charge in [0.25, 0.3) is 0 Å². The van der Waals surface area contributed by atoms with Crippen LogP contribution in [-0.4, -0.2) is 36.9 Å². The predicted molar refractivity (Wildman–Crippen MR) is 109 cm³/mol. The smallest absolute Gasteiger partial charge is 0.335 e. The average Bonchev–Trinajstić information content (AvgIpc) is 2.56. The molecule has 1 atom stereocenters. The van der Waals surface area contributed by atoms with Gasteiger partial charge in [0.05, 0.1) is 10.9 Å². The summed E-state index contributed by atoms with van der Waals surface area (Å²) in [7, 11) is -3.83. The molecule has 0 radical (unpaired) electrons. The summed E-state index contributed by atoms with van der Waals surface area (Å²) in [5.74, 6) is -0.589. The summed E-state index contributed by atoms with van der Waals surface area (Å²) < 4.78 is 33.2. The topological polar surface area (TPSA) is 63.7 Å². The van der Waals surface area contributed by atoms with Crippen molar-refractivity contribution in [2.24, 2.45) is 0 Å². The predicted octanol–water partition coefficient (Wildman–Crippen LogP) is 4.24. The summed E-state index contributed by atoms with van der Waals surface area (Å²) in [4.78, 5) is 12.7. The van der Waals surface area contributed by atoms with E-state index < -0.39 is 27.6 Å². The second-order valence-electron chi connectivity index (χ2n) is 7.51. The van der Waals surface area contributed by atoms with Crippen LogP contribution in [0, 0.1) is 6.92 Å². The molecule has 0 spiro atoms. The lowest BCUT2D eigenvalue weighted by Crippen LogP contribution is -2.43. The highest BCUT2D eigenvalue weighted by atomic mass is 32.2. The van der Waals surface area contributed by atoms with E-state index in [-0.39, 0.29) is 17.0 Å². The lowest BCUT2D eigenvalue weighted by Gasteiger charge is -2.32. The summed E-state index contributed by atoms with van der Waals surface area (Å²) in [5, 5.41) is 0. The number of aryl methyl sites for hydroxylation is 1. The van der Waals surface area contributed by atoms with Crippen LogP contribution in [0.5, 0.6) is 0 Å². The Bertz CT molecular complexity index is 773. The van der Waals surface area contributed by atoms with Gasteiger partial charge >= 0.3 is 5.97 Å². The molecule has 27 heavy (non-hydrogen) atoms. The molecule has 1 aromatic carbocycles. The molecule has 0 saturated carbocycles. The number of ether oxygens (including phenoxy) is 1. The van der Waals surface area contributed by atoms with E-state index in [0.717, 1.165) is 5.56 Å². The lowest BCUT2D eigenvalue weighted by molar-refractivity contribution is -0.150. The summed E-state index contributed by atoms with van der Waals surface area (Å²) >= 11 is 0. The Labute approximate surface area is 163 Å². The van der Waals surface area contributed by atoms with Crippen LogP contribution in [0.2, 0.25) is 0 Å². The Morgan fingerprint density at radius 3 is 2.26 bits per heavy atom. The van der Waals surface area contributed by atoms with Crippen LogP contribution >= 0.6 is 0 Å². The first kappa shape index (κ1) is 23.1. The number of hydrogen-bond donors (Lipinski definition) is 0. The van der Waals surface area contributed by atoms with E-state index in [2.05, 4.69) is 13.2 Å². The van der Waals surface area contributed by atoms with E-state index in [9.17, 15) is 13.2 Å². The molecular weight excluding hydrogens is 362 g/mol. The van der Waals surface area contributed by atoms with Crippen LogP contribution in [0.25, 0.3) is 0 Å². The van der Waals surface area contributed by atoms with Gasteiger partial charge in [0, 0.05) is 12.1 Å². The van der Waals surface area contributed by atoms with Crippen LogP contribution in [0.4, 0.5) is 0 Å². The zero-order valence-corrected chi connectivity index (χ0v) is 17.8. The minimum atomic E-state index is -3.83. The van der Waals surface area contributed by atoms with E-state index in [1.54, 1.807) is 45.0 Å². The largest absolute Gasteiger partial charge is 0.457 e. The zero-order valence-electron chi connectivity index (χ0n) is 17.0. The Morgan fingerprint density at radius 2 is 1.81 bits per heavy atom. The molecule has 0 bridgehead atoms. The monoisotopic (exact) mass is 393 g/mol. The maximum atomic E-state index is 13.2. The number of benzene rings is 1. The Hall–Kier alpha value is -1.92. The Kier molecular flexibility index (Phi) is 7.99. The first-order valence-electron chi connectivity index (χ1n) is 9.05. The van der Waals surface area contributed by atoms with Gasteiger partial charge in [-0.15, -0.1) is 6.58 Å². The van der Waals surface area contributed by atoms with Gasteiger partial charge in [-0.25, -0.2) is 13.2 Å². The van der Waals surface area contributed by atoms with E-state index in [1.165, 1.54) is 10.4 Å². The second kappa shape index (κ2) is 9.33. The molecule has 0 aliphatic carbocycles. The van der Waals surface area contributed by atoms with Crippen LogP contribution in [0.3, 0.4) is 0 Å². The average molecular weight is 394 g/mol. The molecule has 0 aliphatic rings. The lowest BCUT2D eigenvalue weighted by atomic mass is 10.0. The van der Waals surface area contributed by atoms with Crippen molar-refractivity contribution in [3.63, 3.8) is 0 Å². The summed E-state index contributed by atoms with van der Waals surface area (Å²) in [6.45, 7) is 16.7. The zero-order chi connectivity index (χ0) is 20.8. The SMILES string of the molecule is C=CCN([C@@H](CCC)C(=C)C(=O)OC(C)(C)C)S(=O)(=O)c1ccc(C)cc1. The quantitative estimate of drug-likeness (QED) is 0.358. The van der Waals surface area contributed by atoms with Crippen molar-refractivity contribution in [1.29, 1.82) is 0 Å². The van der Waals surface area contributed by atoms with E-state index in [4.69, 9.17) is 4.74 Å². The number of sulfonamides is 1. The molecule has 5 nitrogen and oxygen atoms in total. The molecule has 0 saturated heterocycles. The summed E-state index contributed by atoms with van der Waals surface area (Å²) in [6.07, 6.45) is 2.65. The van der Waals surface area contributed by atoms with E-state index >= 15 is 0 Å². The maximum Gasteiger partial charge on any atom is 0.335 e. The molecular formula is C21H31NO4S. The fourth-order valence-electron chi connectivity index (χ4n) is 2.61. The molecule has 1 rings (SSSR count). The van der Waals surface area contributed by atoms with E-state index in [1.807, 2.05) is 13.8 Å². The molecule has 6 heteroatoms. The highest BCUT2D eigenvalue weighted by Crippen LogP contribution is 2.26. The van der Waals surface area contributed by atoms with Gasteiger partial charge in [0.1, 0.15) is 5.60 Å². The van der Waals surface area contributed by atoms with Gasteiger partial charge in [0.2, 0.25) is 10.0 Å². The third-order valence-corrected chi connectivity index (χ3v) is 5.80. The van der Waals surface area contributed by atoms with E-state index in [0.29, 0.717) is 12.8 Å². The van der Waals surface area contributed by atoms with Crippen molar-refractivity contribution in [3.8, 4) is 0 Å². The van der Waals surface area contributed by atoms with Crippen molar-refractivity contribution in [1.82, 2.24) is 4.31 Å². The number of rotatable bonds is 9. The first-order chi connectivity index (χ1) is 12.4. The van der Waals surface area contributed by atoms with Crippen molar-refractivity contribution in [3.05, 3.63) is 54.6 Å². The Balaban J connectivity index is 3.32. The molecule has 0 heterocycles. The molecule has 150 valence electrons. The maximum absolute atomic E-state index is 13.2. The van der Waals surface area contributed by atoms with Crippen molar-refractivity contribution in [2.75, 3.05) is 6.54 Å². The molecule has 0 fully saturated rings. The molecule has 0 N–H and O–H groups in total. The third-order valence-electron chi connectivity index (χ3n) is 3.91. The third kappa shape index (κ3) is 6.33. The van der Waals surface area contributed by atoms with Crippen LogP contribution in [-0.2, 0) is 19.6 Å². The fourth-order valence-corrected chi connectivity index (χ4v) is 4.23. The van der Waals surface area contributed by atoms with Crippen molar-refractivity contribution < 1.29 is 17.9 Å². The molecule has 0 amide bonds. The minimum absolute atomic E-state index is 0.0721. The van der Waals surface area contributed by atoms with Gasteiger partial charge in [0.15, 0.2) is 0 Å². The van der Waals surface area contributed by atoms with Crippen molar-refractivity contribution in [2.45, 2.75) is 64.0 Å². The van der Waals surface area contributed by atoms with Gasteiger partial charge < -0.3 is 4.74 Å². The summed E-state index contributed by atoms with van der Waals surface area (Å²) in [6, 6.07) is 5.93. The number of carbonyl (C=O) groups is 1. The van der Waals surface area contributed by atoms with Gasteiger partial charge in [-0.3, -0.25) is 0 Å². The number of esters is 1. The Morgan fingerprint density at radius 1 is 1.26 bits per heavy atom. The van der Waals surface area contributed by atoms with Gasteiger partial charge in [-0.05, 0) is 46.2 Å². The van der Waals surface area contributed by atoms with Crippen LogP contribution in [0.15, 0.2) is 54.0 Å². The van der Waals surface area contributed by atoms with Gasteiger partial charge in [-0.2, -0.15) is 4.31 Å². The molecule has 0 aromatic heterocycles. The minimum Gasteiger partial charge on any atom is -0.457 e.